The van der Waals surface area contributed by atoms with Gasteiger partial charge in [0.05, 0.1) is 12.1 Å². The third-order valence-corrected chi connectivity index (χ3v) is 2.30. The van der Waals surface area contributed by atoms with Crippen molar-refractivity contribution < 1.29 is 13.7 Å². The van der Waals surface area contributed by atoms with Gasteiger partial charge in [-0.1, -0.05) is 17.0 Å². The highest BCUT2D eigenvalue weighted by Crippen LogP contribution is 2.12. The fourth-order valence-electron chi connectivity index (χ4n) is 1.44. The zero-order chi connectivity index (χ0) is 14.5. The first kappa shape index (κ1) is 13.7. The van der Waals surface area contributed by atoms with E-state index in [-0.39, 0.29) is 18.1 Å². The van der Waals surface area contributed by atoms with Crippen molar-refractivity contribution in [1.82, 2.24) is 10.1 Å². The van der Waals surface area contributed by atoms with Gasteiger partial charge in [0.25, 0.3) is 5.91 Å². The number of hydrogen-bond donors (Lipinski definition) is 2. The lowest BCUT2D eigenvalue weighted by atomic mass is 10.1. The van der Waals surface area contributed by atoms with E-state index in [0.717, 1.165) is 6.07 Å². The molecule has 0 bridgehead atoms. The Morgan fingerprint density at radius 2 is 2.35 bits per heavy atom. The van der Waals surface area contributed by atoms with Gasteiger partial charge in [-0.25, -0.2) is 4.39 Å². The van der Waals surface area contributed by atoms with Gasteiger partial charge in [-0.2, -0.15) is 4.98 Å². The highest BCUT2D eigenvalue weighted by Gasteiger charge is 2.14. The second kappa shape index (κ2) is 5.95. The van der Waals surface area contributed by atoms with Crippen molar-refractivity contribution in [3.05, 3.63) is 41.0 Å². The van der Waals surface area contributed by atoms with Crippen molar-refractivity contribution in [3.63, 3.8) is 0 Å². The number of nitrogens with two attached hydrogens (primary N) is 1. The molecule has 1 aromatic carbocycles. The molecule has 2 rings (SSSR count). The summed E-state index contributed by atoms with van der Waals surface area (Å²) in [6.45, 7) is 1.78. The summed E-state index contributed by atoms with van der Waals surface area (Å²) in [6.07, 6.45) is 0. The molecule has 0 spiro atoms. The van der Waals surface area contributed by atoms with Crippen LogP contribution in [0.5, 0.6) is 0 Å². The second-order valence-corrected chi connectivity index (χ2v) is 3.80. The smallest absolute Gasteiger partial charge is 0.320 e. The summed E-state index contributed by atoms with van der Waals surface area (Å²) in [5.41, 5.74) is 5.53. The van der Waals surface area contributed by atoms with Crippen LogP contribution in [0.2, 0.25) is 0 Å². The summed E-state index contributed by atoms with van der Waals surface area (Å²) in [4.78, 5) is 15.6. The maximum atomic E-state index is 13.8. The fourth-order valence-corrected chi connectivity index (χ4v) is 1.44. The van der Waals surface area contributed by atoms with Gasteiger partial charge in [0, 0.05) is 5.56 Å². The van der Waals surface area contributed by atoms with E-state index in [4.69, 9.17) is 10.3 Å². The van der Waals surface area contributed by atoms with Gasteiger partial charge in [-0.05, 0) is 25.1 Å². The first-order valence-corrected chi connectivity index (χ1v) is 5.70. The molecule has 0 aliphatic carbocycles. The molecule has 0 aliphatic heterocycles. The first-order valence-electron chi connectivity index (χ1n) is 5.70. The lowest BCUT2D eigenvalue weighted by molar-refractivity contribution is 0.101. The van der Waals surface area contributed by atoms with Crippen LogP contribution in [-0.4, -0.2) is 22.6 Å². The summed E-state index contributed by atoms with van der Waals surface area (Å²) in [5.74, 6) is 4.28. The van der Waals surface area contributed by atoms with Crippen molar-refractivity contribution in [2.45, 2.75) is 6.92 Å². The topological polar surface area (TPSA) is 94.0 Å². The quantitative estimate of drug-likeness (QED) is 0.799. The minimum Gasteiger partial charge on any atom is -0.320 e. The average molecular weight is 274 g/mol. The molecule has 20 heavy (non-hydrogen) atoms. The molecule has 0 aliphatic rings. The van der Waals surface area contributed by atoms with Gasteiger partial charge in [0.1, 0.15) is 5.82 Å². The molecule has 0 saturated carbocycles. The van der Waals surface area contributed by atoms with Gasteiger partial charge in [-0.15, -0.1) is 0 Å². The number of anilines is 1. The van der Waals surface area contributed by atoms with Crippen LogP contribution in [0.1, 0.15) is 21.7 Å². The molecule has 0 radical (unpaired) electrons. The highest BCUT2D eigenvalue weighted by atomic mass is 19.1. The van der Waals surface area contributed by atoms with E-state index in [1.165, 1.54) is 12.1 Å². The Morgan fingerprint density at radius 3 is 2.95 bits per heavy atom. The number of carbonyl (C=O) groups excluding carboxylic acids is 1. The van der Waals surface area contributed by atoms with Gasteiger partial charge in [0.15, 0.2) is 5.82 Å². The van der Waals surface area contributed by atoms with E-state index in [2.05, 4.69) is 27.3 Å². The van der Waals surface area contributed by atoms with E-state index in [1.54, 1.807) is 6.92 Å². The number of amides is 1. The van der Waals surface area contributed by atoms with Crippen molar-refractivity contribution in [3.8, 4) is 11.8 Å². The summed E-state index contributed by atoms with van der Waals surface area (Å²) >= 11 is 0. The predicted molar refractivity (Wildman–Crippen MR) is 69.3 cm³/mol. The number of benzene rings is 1. The van der Waals surface area contributed by atoms with E-state index >= 15 is 0 Å². The maximum absolute atomic E-state index is 13.8. The lowest BCUT2D eigenvalue weighted by Gasteiger charge is -2.02. The van der Waals surface area contributed by atoms with Crippen molar-refractivity contribution in [1.29, 1.82) is 0 Å². The van der Waals surface area contributed by atoms with Crippen LogP contribution in [0.4, 0.5) is 10.4 Å². The Bertz CT molecular complexity index is 700. The third-order valence-electron chi connectivity index (χ3n) is 2.30. The van der Waals surface area contributed by atoms with E-state index in [9.17, 15) is 9.18 Å². The summed E-state index contributed by atoms with van der Waals surface area (Å²) in [6, 6.07) is 3.93. The molecule has 0 unspecified atom stereocenters. The first-order chi connectivity index (χ1) is 9.60. The maximum Gasteiger partial charge on any atom is 0.328 e. The monoisotopic (exact) mass is 274 g/mol. The van der Waals surface area contributed by atoms with E-state index in [1.807, 2.05) is 0 Å². The Labute approximate surface area is 114 Å². The molecule has 0 fully saturated rings. The predicted octanol–water partition coefficient (Wildman–Crippen LogP) is 1.08. The molecular weight excluding hydrogens is 263 g/mol. The second-order valence-electron chi connectivity index (χ2n) is 3.80. The normalized spacial score (nSPS) is 9.75. The highest BCUT2D eigenvalue weighted by molar-refractivity contribution is 6.03. The van der Waals surface area contributed by atoms with Crippen LogP contribution in [0.25, 0.3) is 0 Å². The molecule has 102 valence electrons. The van der Waals surface area contributed by atoms with Crippen LogP contribution < -0.4 is 11.1 Å². The summed E-state index contributed by atoms with van der Waals surface area (Å²) in [5, 5.41) is 5.82. The Balaban J connectivity index is 2.18. The largest absolute Gasteiger partial charge is 0.328 e. The SMILES string of the molecule is Cc1noc(NC(=O)c2ccc(C#CCN)cc2F)n1. The molecule has 1 heterocycles. The molecular formula is C13H11FN4O2. The van der Waals surface area contributed by atoms with Crippen molar-refractivity contribution in [2.75, 3.05) is 11.9 Å². The van der Waals surface area contributed by atoms with Crippen molar-refractivity contribution in [2.24, 2.45) is 5.73 Å². The zero-order valence-corrected chi connectivity index (χ0v) is 10.6. The number of carbonyl (C=O) groups is 1. The number of nitrogens with zero attached hydrogens (tertiary/aromatic N) is 2. The summed E-state index contributed by atoms with van der Waals surface area (Å²) in [7, 11) is 0. The molecule has 0 saturated heterocycles. The molecule has 0 atom stereocenters. The molecule has 1 aromatic heterocycles. The number of rotatable bonds is 2. The van der Waals surface area contributed by atoms with Crippen LogP contribution in [0.3, 0.4) is 0 Å². The Hall–Kier alpha value is -2.72. The third kappa shape index (κ3) is 3.18. The Kier molecular flexibility index (Phi) is 4.08. The molecule has 6 nitrogen and oxygen atoms in total. The van der Waals surface area contributed by atoms with Gasteiger partial charge < -0.3 is 10.3 Å². The van der Waals surface area contributed by atoms with E-state index in [0.29, 0.717) is 11.4 Å². The number of aromatic nitrogens is 2. The van der Waals surface area contributed by atoms with Gasteiger partial charge in [-0.3, -0.25) is 10.1 Å². The van der Waals surface area contributed by atoms with Crippen molar-refractivity contribution >= 4 is 11.9 Å². The molecule has 7 heteroatoms. The van der Waals surface area contributed by atoms with Crippen LogP contribution in [0, 0.1) is 24.6 Å². The number of halogens is 1. The zero-order valence-electron chi connectivity index (χ0n) is 10.6. The minimum absolute atomic E-state index is 0.0844. The van der Waals surface area contributed by atoms with Gasteiger partial charge in [0.2, 0.25) is 0 Å². The van der Waals surface area contributed by atoms with Crippen LogP contribution >= 0.6 is 0 Å². The average Bonchev–Trinajstić information content (AvgIpc) is 2.81. The molecule has 3 N–H and O–H groups in total. The molecule has 1 amide bonds. The van der Waals surface area contributed by atoms with Crippen LogP contribution in [0.15, 0.2) is 22.7 Å². The lowest BCUT2D eigenvalue weighted by Crippen LogP contribution is -2.14. The number of aryl methyl sites for hydroxylation is 1. The van der Waals surface area contributed by atoms with Gasteiger partial charge >= 0.3 is 6.01 Å². The summed E-state index contributed by atoms with van der Waals surface area (Å²) < 4.78 is 18.5. The van der Waals surface area contributed by atoms with Crippen LogP contribution in [-0.2, 0) is 0 Å². The molecule has 2 aromatic rings. The fraction of sp³-hybridized carbons (Fsp3) is 0.154. The standard InChI is InChI=1S/C13H11FN4O2/c1-8-16-13(20-18-8)17-12(19)10-5-4-9(3-2-6-15)7-11(10)14/h4-5,7H,6,15H2,1H3,(H,16,17,18,19). The number of hydrogen-bond acceptors (Lipinski definition) is 5. The van der Waals surface area contributed by atoms with E-state index < -0.39 is 11.7 Å². The Morgan fingerprint density at radius 1 is 1.55 bits per heavy atom. The number of nitrogens with one attached hydrogen (secondary N) is 1. The minimum atomic E-state index is -0.692.